The number of carboxylic acids is 1. The molecule has 20 heavy (non-hydrogen) atoms. The van der Waals surface area contributed by atoms with E-state index in [1.165, 1.54) is 0 Å². The first-order valence-corrected chi connectivity index (χ1v) is 9.29. The molecule has 5 nitrogen and oxygen atoms in total. The SMILES string of the molecule is O=C(O)C(NS(=O)(=O)C1CCCCC1)C1CCCCC1. The van der Waals surface area contributed by atoms with E-state index in [1.54, 1.807) is 0 Å². The van der Waals surface area contributed by atoms with Gasteiger partial charge in [0.2, 0.25) is 10.0 Å². The van der Waals surface area contributed by atoms with Crippen molar-refractivity contribution in [1.82, 2.24) is 4.72 Å². The maximum Gasteiger partial charge on any atom is 0.322 e. The van der Waals surface area contributed by atoms with Crippen LogP contribution in [0.4, 0.5) is 0 Å². The third-order valence-electron chi connectivity index (χ3n) is 4.67. The Bertz CT molecular complexity index is 422. The number of carboxylic acid groups (broad SMARTS) is 1. The van der Waals surface area contributed by atoms with Crippen molar-refractivity contribution in [2.75, 3.05) is 0 Å². The van der Waals surface area contributed by atoms with Crippen molar-refractivity contribution in [2.45, 2.75) is 75.5 Å². The summed E-state index contributed by atoms with van der Waals surface area (Å²) in [5.41, 5.74) is 0. The normalized spacial score (nSPS) is 24.4. The van der Waals surface area contributed by atoms with E-state index < -0.39 is 27.3 Å². The molecular weight excluding hydrogens is 278 g/mol. The molecule has 6 heteroatoms. The van der Waals surface area contributed by atoms with Gasteiger partial charge in [0, 0.05) is 0 Å². The van der Waals surface area contributed by atoms with Crippen LogP contribution in [0.1, 0.15) is 64.2 Å². The Labute approximate surface area is 121 Å². The van der Waals surface area contributed by atoms with Crippen LogP contribution in [-0.4, -0.2) is 30.8 Å². The van der Waals surface area contributed by atoms with Crippen LogP contribution in [0, 0.1) is 5.92 Å². The predicted molar refractivity (Wildman–Crippen MR) is 76.9 cm³/mol. The Morgan fingerprint density at radius 3 is 1.95 bits per heavy atom. The van der Waals surface area contributed by atoms with Gasteiger partial charge in [-0.1, -0.05) is 38.5 Å². The van der Waals surface area contributed by atoms with E-state index in [4.69, 9.17) is 0 Å². The van der Waals surface area contributed by atoms with Gasteiger partial charge >= 0.3 is 5.97 Å². The van der Waals surface area contributed by atoms with Gasteiger partial charge in [-0.05, 0) is 31.6 Å². The second-order valence-corrected chi connectivity index (χ2v) is 8.13. The van der Waals surface area contributed by atoms with Gasteiger partial charge in [0.1, 0.15) is 6.04 Å². The van der Waals surface area contributed by atoms with E-state index in [2.05, 4.69) is 4.72 Å². The Hall–Kier alpha value is -0.620. The summed E-state index contributed by atoms with van der Waals surface area (Å²) in [5, 5.41) is 8.96. The van der Waals surface area contributed by atoms with Crippen molar-refractivity contribution in [3.63, 3.8) is 0 Å². The molecule has 2 rings (SSSR count). The summed E-state index contributed by atoms with van der Waals surface area (Å²) in [6.45, 7) is 0. The van der Waals surface area contributed by atoms with Crippen molar-refractivity contribution in [3.8, 4) is 0 Å². The molecule has 2 saturated carbocycles. The first-order chi connectivity index (χ1) is 9.50. The van der Waals surface area contributed by atoms with Crippen LogP contribution in [-0.2, 0) is 14.8 Å². The molecule has 0 bridgehead atoms. The molecule has 0 saturated heterocycles. The smallest absolute Gasteiger partial charge is 0.322 e. The fourth-order valence-electron chi connectivity index (χ4n) is 3.46. The highest BCUT2D eigenvalue weighted by atomic mass is 32.2. The number of aliphatic carboxylic acids is 1. The summed E-state index contributed by atoms with van der Waals surface area (Å²) in [7, 11) is -3.51. The average molecular weight is 303 g/mol. The van der Waals surface area contributed by atoms with E-state index in [9.17, 15) is 18.3 Å². The van der Waals surface area contributed by atoms with Crippen LogP contribution in [0.2, 0.25) is 0 Å². The molecule has 2 aliphatic carbocycles. The molecule has 1 unspecified atom stereocenters. The van der Waals surface area contributed by atoms with E-state index in [-0.39, 0.29) is 5.92 Å². The molecular formula is C14H25NO4S. The van der Waals surface area contributed by atoms with E-state index in [0.717, 1.165) is 51.4 Å². The molecule has 2 fully saturated rings. The Morgan fingerprint density at radius 2 is 1.45 bits per heavy atom. The van der Waals surface area contributed by atoms with Crippen molar-refractivity contribution >= 4 is 16.0 Å². The average Bonchev–Trinajstić information content (AvgIpc) is 2.46. The van der Waals surface area contributed by atoms with Crippen LogP contribution in [0.15, 0.2) is 0 Å². The minimum absolute atomic E-state index is 0.0559. The van der Waals surface area contributed by atoms with Gasteiger partial charge in [0.25, 0.3) is 0 Å². The molecule has 0 aliphatic heterocycles. The minimum Gasteiger partial charge on any atom is -0.480 e. The van der Waals surface area contributed by atoms with Gasteiger partial charge in [-0.15, -0.1) is 0 Å². The molecule has 0 aromatic carbocycles. The minimum atomic E-state index is -3.51. The lowest BCUT2D eigenvalue weighted by atomic mass is 9.84. The molecule has 0 spiro atoms. The number of hydrogen-bond donors (Lipinski definition) is 2. The van der Waals surface area contributed by atoms with Gasteiger partial charge in [-0.2, -0.15) is 0 Å². The summed E-state index contributed by atoms with van der Waals surface area (Å²) >= 11 is 0. The zero-order chi connectivity index (χ0) is 14.6. The zero-order valence-corrected chi connectivity index (χ0v) is 12.7. The number of nitrogens with one attached hydrogen (secondary N) is 1. The first kappa shape index (κ1) is 15.8. The fraction of sp³-hybridized carbons (Fsp3) is 0.929. The lowest BCUT2D eigenvalue weighted by Gasteiger charge is -2.30. The molecule has 1 atom stereocenters. The van der Waals surface area contributed by atoms with Crippen molar-refractivity contribution in [1.29, 1.82) is 0 Å². The quantitative estimate of drug-likeness (QED) is 0.816. The number of sulfonamides is 1. The monoisotopic (exact) mass is 303 g/mol. The Kier molecular flexibility index (Phi) is 5.43. The molecule has 2 N–H and O–H groups in total. The highest BCUT2D eigenvalue weighted by Gasteiger charge is 2.36. The molecule has 2 aliphatic rings. The van der Waals surface area contributed by atoms with Gasteiger partial charge in [-0.3, -0.25) is 4.79 Å². The van der Waals surface area contributed by atoms with E-state index in [1.807, 2.05) is 0 Å². The zero-order valence-electron chi connectivity index (χ0n) is 11.9. The van der Waals surface area contributed by atoms with Gasteiger partial charge in [-0.25, -0.2) is 13.1 Å². The summed E-state index contributed by atoms with van der Waals surface area (Å²) in [4.78, 5) is 11.4. The second-order valence-electron chi connectivity index (χ2n) is 6.14. The van der Waals surface area contributed by atoms with Crippen LogP contribution in [0.3, 0.4) is 0 Å². The van der Waals surface area contributed by atoms with E-state index >= 15 is 0 Å². The van der Waals surface area contributed by atoms with Crippen LogP contribution >= 0.6 is 0 Å². The summed E-state index contributed by atoms with van der Waals surface area (Å²) in [6.07, 6.45) is 8.99. The predicted octanol–water partition coefficient (Wildman–Crippen LogP) is 2.27. The van der Waals surface area contributed by atoms with Gasteiger partial charge < -0.3 is 5.11 Å². The molecule has 0 heterocycles. The van der Waals surface area contributed by atoms with Crippen molar-refractivity contribution in [2.24, 2.45) is 5.92 Å². The number of rotatable bonds is 5. The van der Waals surface area contributed by atoms with Crippen LogP contribution < -0.4 is 4.72 Å². The maximum absolute atomic E-state index is 12.4. The van der Waals surface area contributed by atoms with Crippen LogP contribution in [0.5, 0.6) is 0 Å². The van der Waals surface area contributed by atoms with Crippen LogP contribution in [0.25, 0.3) is 0 Å². The molecule has 116 valence electrons. The number of hydrogen-bond acceptors (Lipinski definition) is 3. The maximum atomic E-state index is 12.4. The highest BCUT2D eigenvalue weighted by molar-refractivity contribution is 7.90. The van der Waals surface area contributed by atoms with Crippen molar-refractivity contribution in [3.05, 3.63) is 0 Å². The van der Waals surface area contributed by atoms with E-state index in [0.29, 0.717) is 12.8 Å². The first-order valence-electron chi connectivity index (χ1n) is 7.74. The van der Waals surface area contributed by atoms with Gasteiger partial charge in [0.15, 0.2) is 0 Å². The second kappa shape index (κ2) is 6.89. The molecule has 0 aromatic rings. The Balaban J connectivity index is 2.04. The lowest BCUT2D eigenvalue weighted by Crippen LogP contribution is -2.49. The molecule has 0 aromatic heterocycles. The lowest BCUT2D eigenvalue weighted by molar-refractivity contribution is -0.140. The summed E-state index contributed by atoms with van der Waals surface area (Å²) in [5.74, 6) is -1.09. The molecule has 0 radical (unpaired) electrons. The largest absolute Gasteiger partial charge is 0.480 e. The van der Waals surface area contributed by atoms with Gasteiger partial charge in [0.05, 0.1) is 5.25 Å². The number of carbonyl (C=O) groups is 1. The van der Waals surface area contributed by atoms with Crippen molar-refractivity contribution < 1.29 is 18.3 Å². The Morgan fingerprint density at radius 1 is 0.950 bits per heavy atom. The fourth-order valence-corrected chi connectivity index (χ4v) is 5.26. The standard InChI is InChI=1S/C14H25NO4S/c16-14(17)13(11-7-3-1-4-8-11)15-20(18,19)12-9-5-2-6-10-12/h11-13,15H,1-10H2,(H,16,17). The third kappa shape index (κ3) is 3.95. The molecule has 0 amide bonds. The third-order valence-corrected chi connectivity index (χ3v) is 6.60. The summed E-state index contributed by atoms with van der Waals surface area (Å²) < 4.78 is 27.2. The highest BCUT2D eigenvalue weighted by Crippen LogP contribution is 2.29. The topological polar surface area (TPSA) is 83.5 Å². The summed E-state index contributed by atoms with van der Waals surface area (Å²) in [6, 6.07) is -0.942.